The van der Waals surface area contributed by atoms with Gasteiger partial charge >= 0.3 is 0 Å². The Morgan fingerprint density at radius 1 is 0.921 bits per heavy atom. The van der Waals surface area contributed by atoms with Crippen molar-refractivity contribution in [2.24, 2.45) is 0 Å². The lowest BCUT2D eigenvalue weighted by Crippen LogP contribution is -2.38. The molecule has 0 radical (unpaired) electrons. The van der Waals surface area contributed by atoms with Gasteiger partial charge < -0.3 is 14.7 Å². The number of hydrogen-bond donors (Lipinski definition) is 1. The Labute approximate surface area is 223 Å². The van der Waals surface area contributed by atoms with E-state index in [1.54, 1.807) is 7.11 Å². The van der Waals surface area contributed by atoms with E-state index in [1.807, 2.05) is 87.7 Å². The molecule has 5 rings (SSSR count). The van der Waals surface area contributed by atoms with Crippen LogP contribution in [0.5, 0.6) is 5.88 Å². The summed E-state index contributed by atoms with van der Waals surface area (Å²) in [5, 5.41) is 15.7. The van der Waals surface area contributed by atoms with E-state index in [4.69, 9.17) is 4.74 Å². The molecule has 0 saturated heterocycles. The van der Waals surface area contributed by atoms with Crippen LogP contribution in [-0.4, -0.2) is 42.7 Å². The van der Waals surface area contributed by atoms with Crippen LogP contribution in [0.4, 0.5) is 4.39 Å². The highest BCUT2D eigenvalue weighted by Gasteiger charge is 2.43. The van der Waals surface area contributed by atoms with Crippen molar-refractivity contribution in [1.29, 1.82) is 0 Å². The third-order valence-electron chi connectivity index (χ3n) is 7.32. The summed E-state index contributed by atoms with van der Waals surface area (Å²) in [6.07, 6.45) is 0.455. The predicted molar refractivity (Wildman–Crippen MR) is 152 cm³/mol. The number of benzene rings is 4. The first-order valence-electron chi connectivity index (χ1n) is 12.9. The van der Waals surface area contributed by atoms with Gasteiger partial charge in [0, 0.05) is 23.4 Å². The second kappa shape index (κ2) is 10.5. The molecule has 0 unspecified atom stereocenters. The van der Waals surface area contributed by atoms with Gasteiger partial charge in [0.2, 0.25) is 5.88 Å². The number of pyridine rings is 1. The van der Waals surface area contributed by atoms with Crippen LogP contribution in [0.1, 0.15) is 34.6 Å². The molecular weight excluding hydrogens is 475 g/mol. The molecule has 1 aromatic heterocycles. The van der Waals surface area contributed by atoms with Crippen molar-refractivity contribution >= 4 is 21.7 Å². The van der Waals surface area contributed by atoms with Crippen molar-refractivity contribution in [3.05, 3.63) is 119 Å². The number of aromatic nitrogens is 1. The summed E-state index contributed by atoms with van der Waals surface area (Å²) in [5.41, 5.74) is 2.20. The van der Waals surface area contributed by atoms with Crippen LogP contribution in [0.15, 0.2) is 91.0 Å². The molecule has 0 aliphatic heterocycles. The Bertz CT molecular complexity index is 1580. The van der Waals surface area contributed by atoms with Crippen molar-refractivity contribution in [3.63, 3.8) is 0 Å². The minimum atomic E-state index is -1.34. The van der Waals surface area contributed by atoms with Crippen molar-refractivity contribution < 1.29 is 14.2 Å². The normalized spacial score (nSPS) is 14.1. The fourth-order valence-electron chi connectivity index (χ4n) is 5.54. The molecule has 0 spiro atoms. The molecule has 0 fully saturated rings. The Kier molecular flexibility index (Phi) is 7.15. The zero-order chi connectivity index (χ0) is 26.9. The van der Waals surface area contributed by atoms with Gasteiger partial charge in [0.1, 0.15) is 16.9 Å². The van der Waals surface area contributed by atoms with Gasteiger partial charge in [0.25, 0.3) is 0 Å². The minimum Gasteiger partial charge on any atom is -0.481 e. The Morgan fingerprint density at radius 2 is 1.63 bits per heavy atom. The minimum absolute atomic E-state index is 0.255. The summed E-state index contributed by atoms with van der Waals surface area (Å²) in [6.45, 7) is 2.52. The van der Waals surface area contributed by atoms with Crippen molar-refractivity contribution in [2.45, 2.75) is 24.9 Å². The van der Waals surface area contributed by atoms with E-state index < -0.39 is 17.3 Å². The lowest BCUT2D eigenvalue weighted by Gasteiger charge is -2.39. The van der Waals surface area contributed by atoms with Gasteiger partial charge in [0.15, 0.2) is 0 Å². The maximum atomic E-state index is 14.9. The SMILES string of the molecule is COc1nc2c(F)cc(C)cc2cc1[C@@H](c1ccccc1)[C@@](O)(CCN(C)C)c1cccc2ccccc12. The molecule has 38 heavy (non-hydrogen) atoms. The molecule has 5 aromatic rings. The van der Waals surface area contributed by atoms with E-state index in [1.165, 1.54) is 6.07 Å². The second-order valence-corrected chi connectivity index (χ2v) is 10.3. The van der Waals surface area contributed by atoms with E-state index in [2.05, 4.69) is 28.1 Å². The number of nitrogens with zero attached hydrogens (tertiary/aromatic N) is 2. The summed E-state index contributed by atoms with van der Waals surface area (Å²) >= 11 is 0. The van der Waals surface area contributed by atoms with Crippen LogP contribution in [0.2, 0.25) is 0 Å². The molecule has 2 atom stereocenters. The molecule has 5 heteroatoms. The third kappa shape index (κ3) is 4.75. The van der Waals surface area contributed by atoms with E-state index in [0.29, 0.717) is 29.8 Å². The van der Waals surface area contributed by atoms with E-state index in [9.17, 15) is 9.50 Å². The average molecular weight is 509 g/mol. The monoisotopic (exact) mass is 508 g/mol. The quantitative estimate of drug-likeness (QED) is 0.250. The van der Waals surface area contributed by atoms with Crippen LogP contribution in [0.3, 0.4) is 0 Å². The van der Waals surface area contributed by atoms with Crippen LogP contribution in [0.25, 0.3) is 21.7 Å². The van der Waals surface area contributed by atoms with Crippen LogP contribution in [0, 0.1) is 12.7 Å². The summed E-state index contributed by atoms with van der Waals surface area (Å²) in [4.78, 5) is 6.70. The van der Waals surface area contributed by atoms with Gasteiger partial charge in [-0.1, -0.05) is 72.8 Å². The lowest BCUT2D eigenvalue weighted by atomic mass is 9.70. The molecule has 0 aliphatic carbocycles. The Hall–Kier alpha value is -3.80. The number of hydrogen-bond acceptors (Lipinski definition) is 4. The van der Waals surface area contributed by atoms with Crippen molar-refractivity contribution in [1.82, 2.24) is 9.88 Å². The number of aliphatic hydroxyl groups is 1. The molecule has 0 saturated carbocycles. The summed E-state index contributed by atoms with van der Waals surface area (Å²) in [5.74, 6) is -0.625. The van der Waals surface area contributed by atoms with E-state index in [-0.39, 0.29) is 5.52 Å². The Balaban J connectivity index is 1.85. The van der Waals surface area contributed by atoms with Crippen LogP contribution >= 0.6 is 0 Å². The first kappa shape index (κ1) is 25.8. The van der Waals surface area contributed by atoms with Gasteiger partial charge in [-0.15, -0.1) is 0 Å². The molecule has 0 aliphatic rings. The van der Waals surface area contributed by atoms with Crippen molar-refractivity contribution in [3.8, 4) is 5.88 Å². The molecule has 0 amide bonds. The molecule has 194 valence electrons. The smallest absolute Gasteiger partial charge is 0.217 e. The van der Waals surface area contributed by atoms with Gasteiger partial charge in [0.05, 0.1) is 7.11 Å². The van der Waals surface area contributed by atoms with E-state index >= 15 is 0 Å². The molecule has 0 bridgehead atoms. The zero-order valence-corrected chi connectivity index (χ0v) is 22.3. The number of fused-ring (bicyclic) bond motifs is 2. The summed E-state index contributed by atoms with van der Waals surface area (Å²) in [6, 6.07) is 29.5. The summed E-state index contributed by atoms with van der Waals surface area (Å²) in [7, 11) is 5.55. The van der Waals surface area contributed by atoms with Crippen LogP contribution < -0.4 is 4.74 Å². The van der Waals surface area contributed by atoms with Gasteiger partial charge in [-0.25, -0.2) is 9.37 Å². The summed E-state index contributed by atoms with van der Waals surface area (Å²) < 4.78 is 20.7. The Morgan fingerprint density at radius 3 is 2.37 bits per heavy atom. The van der Waals surface area contributed by atoms with E-state index in [0.717, 1.165) is 27.5 Å². The molecule has 4 nitrogen and oxygen atoms in total. The topological polar surface area (TPSA) is 45.6 Å². The standard InChI is InChI=1S/C33H33FN2O2/c1-22-19-25-21-27(32(38-4)35-31(25)29(34)20-22)30(24-12-6-5-7-13-24)33(37,17-18-36(2)3)28-16-10-14-23-11-8-9-15-26(23)28/h5-16,19-21,30,37H,17-18H2,1-4H3/t30-,33-/m1/s1. The van der Waals surface area contributed by atoms with Gasteiger partial charge in [-0.05, 0) is 73.1 Å². The number of halogens is 1. The maximum absolute atomic E-state index is 14.9. The number of ether oxygens (including phenoxy) is 1. The molecule has 1 N–H and O–H groups in total. The first-order chi connectivity index (χ1) is 18.3. The average Bonchev–Trinajstić information content (AvgIpc) is 2.92. The lowest BCUT2D eigenvalue weighted by molar-refractivity contribution is 0.00520. The molecular formula is C33H33FN2O2. The largest absolute Gasteiger partial charge is 0.481 e. The highest BCUT2D eigenvalue weighted by molar-refractivity contribution is 5.87. The number of methoxy groups -OCH3 is 1. The highest BCUT2D eigenvalue weighted by atomic mass is 19.1. The van der Waals surface area contributed by atoms with Gasteiger partial charge in [-0.3, -0.25) is 0 Å². The third-order valence-corrected chi connectivity index (χ3v) is 7.32. The second-order valence-electron chi connectivity index (χ2n) is 10.3. The molecule has 4 aromatic carbocycles. The van der Waals surface area contributed by atoms with Crippen molar-refractivity contribution in [2.75, 3.05) is 27.7 Å². The maximum Gasteiger partial charge on any atom is 0.217 e. The zero-order valence-electron chi connectivity index (χ0n) is 22.3. The fourth-order valence-corrected chi connectivity index (χ4v) is 5.54. The van der Waals surface area contributed by atoms with Gasteiger partial charge in [-0.2, -0.15) is 0 Å². The fraction of sp³-hybridized carbons (Fsp3) is 0.242. The van der Waals surface area contributed by atoms with Crippen LogP contribution in [-0.2, 0) is 5.60 Å². The predicted octanol–water partition coefficient (Wildman–Crippen LogP) is 6.82. The molecule has 1 heterocycles. The number of aryl methyl sites for hydroxylation is 1. The highest BCUT2D eigenvalue weighted by Crippen LogP contribution is 2.49. The first-order valence-corrected chi connectivity index (χ1v) is 12.9. The number of rotatable bonds is 8.